The zero-order valence-corrected chi connectivity index (χ0v) is 8.55. The average molecular weight is 239 g/mol. The number of hydrogen-bond acceptors (Lipinski definition) is 3. The summed E-state index contributed by atoms with van der Waals surface area (Å²) in [7, 11) is 0. The van der Waals surface area contributed by atoms with Crippen LogP contribution in [0.4, 0.5) is 19.0 Å². The van der Waals surface area contributed by atoms with Crippen molar-refractivity contribution in [1.82, 2.24) is 4.98 Å². The minimum absolute atomic E-state index is 0.134. The standard InChI is InChI=1S/C11H8F3N3/c12-8-1-6(2-9(13)4-8)7-3-10(14)11(17-15)16-5-7/h1-5H,15H2,(H,16,17). The van der Waals surface area contributed by atoms with E-state index in [1.807, 2.05) is 0 Å². The highest BCUT2D eigenvalue weighted by Gasteiger charge is 2.07. The number of nitrogens with one attached hydrogen (secondary N) is 1. The van der Waals surface area contributed by atoms with Crippen molar-refractivity contribution in [2.45, 2.75) is 0 Å². The number of hydrazine groups is 1. The topological polar surface area (TPSA) is 50.9 Å². The molecule has 0 aliphatic heterocycles. The van der Waals surface area contributed by atoms with Gasteiger partial charge in [-0.1, -0.05) is 0 Å². The van der Waals surface area contributed by atoms with Crippen molar-refractivity contribution in [3.05, 3.63) is 47.9 Å². The van der Waals surface area contributed by atoms with Gasteiger partial charge in [-0.25, -0.2) is 24.0 Å². The molecular weight excluding hydrogens is 231 g/mol. The van der Waals surface area contributed by atoms with Crippen molar-refractivity contribution in [1.29, 1.82) is 0 Å². The molecule has 3 nitrogen and oxygen atoms in total. The lowest BCUT2D eigenvalue weighted by molar-refractivity contribution is 0.584. The Balaban J connectivity index is 2.49. The van der Waals surface area contributed by atoms with Crippen LogP contribution in [0.5, 0.6) is 0 Å². The number of rotatable bonds is 2. The number of halogens is 3. The van der Waals surface area contributed by atoms with Crippen LogP contribution in [0.3, 0.4) is 0 Å². The Bertz CT molecular complexity index is 537. The van der Waals surface area contributed by atoms with Gasteiger partial charge in [0.15, 0.2) is 11.6 Å². The van der Waals surface area contributed by atoms with Gasteiger partial charge in [-0.2, -0.15) is 0 Å². The molecule has 1 aromatic heterocycles. The summed E-state index contributed by atoms with van der Waals surface area (Å²) in [6.07, 6.45) is 1.27. The quantitative estimate of drug-likeness (QED) is 0.625. The highest BCUT2D eigenvalue weighted by atomic mass is 19.1. The Kier molecular flexibility index (Phi) is 2.97. The summed E-state index contributed by atoms with van der Waals surface area (Å²) in [6.45, 7) is 0. The van der Waals surface area contributed by atoms with E-state index in [-0.39, 0.29) is 16.9 Å². The predicted octanol–water partition coefficient (Wildman–Crippen LogP) is 2.45. The second-order valence-electron chi connectivity index (χ2n) is 3.36. The van der Waals surface area contributed by atoms with E-state index in [9.17, 15) is 13.2 Å². The summed E-state index contributed by atoms with van der Waals surface area (Å²) in [5, 5.41) is 0. The molecule has 0 atom stereocenters. The van der Waals surface area contributed by atoms with Gasteiger partial charge in [-0.15, -0.1) is 0 Å². The molecule has 0 radical (unpaired) electrons. The van der Waals surface area contributed by atoms with E-state index in [0.29, 0.717) is 0 Å². The third-order valence-corrected chi connectivity index (χ3v) is 2.17. The predicted molar refractivity (Wildman–Crippen MR) is 57.4 cm³/mol. The molecule has 3 N–H and O–H groups in total. The smallest absolute Gasteiger partial charge is 0.176 e. The molecule has 0 saturated carbocycles. The maximum atomic E-state index is 13.3. The first-order valence-corrected chi connectivity index (χ1v) is 4.69. The highest BCUT2D eigenvalue weighted by molar-refractivity contribution is 5.64. The van der Waals surface area contributed by atoms with Crippen LogP contribution in [-0.2, 0) is 0 Å². The van der Waals surface area contributed by atoms with Crippen molar-refractivity contribution in [3.63, 3.8) is 0 Å². The van der Waals surface area contributed by atoms with Gasteiger partial charge in [-0.05, 0) is 23.8 Å². The second-order valence-corrected chi connectivity index (χ2v) is 3.36. The van der Waals surface area contributed by atoms with Gasteiger partial charge in [0.1, 0.15) is 11.6 Å². The summed E-state index contributed by atoms with van der Waals surface area (Å²) < 4.78 is 39.3. The molecule has 1 heterocycles. The van der Waals surface area contributed by atoms with E-state index in [0.717, 1.165) is 24.3 Å². The van der Waals surface area contributed by atoms with E-state index in [2.05, 4.69) is 10.4 Å². The zero-order valence-electron chi connectivity index (χ0n) is 8.55. The fourth-order valence-corrected chi connectivity index (χ4v) is 1.42. The van der Waals surface area contributed by atoms with Gasteiger partial charge in [0.25, 0.3) is 0 Å². The molecular formula is C11H8F3N3. The normalized spacial score (nSPS) is 10.4. The number of anilines is 1. The molecule has 0 fully saturated rings. The first kappa shape index (κ1) is 11.4. The van der Waals surface area contributed by atoms with Crippen molar-refractivity contribution < 1.29 is 13.2 Å². The van der Waals surface area contributed by atoms with Gasteiger partial charge in [-0.3, -0.25) is 0 Å². The number of hydrogen-bond donors (Lipinski definition) is 2. The summed E-state index contributed by atoms with van der Waals surface area (Å²) >= 11 is 0. The first-order chi connectivity index (χ1) is 8.10. The van der Waals surface area contributed by atoms with Crippen LogP contribution in [0.15, 0.2) is 30.5 Å². The van der Waals surface area contributed by atoms with Crippen LogP contribution in [-0.4, -0.2) is 4.98 Å². The number of nitrogens with zero attached hydrogens (tertiary/aromatic N) is 1. The SMILES string of the molecule is NNc1ncc(-c2cc(F)cc(F)c2)cc1F. The van der Waals surface area contributed by atoms with Crippen LogP contribution in [0, 0.1) is 17.5 Å². The first-order valence-electron chi connectivity index (χ1n) is 4.69. The average Bonchev–Trinajstić information content (AvgIpc) is 2.27. The van der Waals surface area contributed by atoms with Gasteiger partial charge in [0, 0.05) is 17.8 Å². The van der Waals surface area contributed by atoms with Crippen molar-refractivity contribution in [2.75, 3.05) is 5.43 Å². The van der Waals surface area contributed by atoms with E-state index in [1.165, 1.54) is 6.20 Å². The maximum Gasteiger partial charge on any atom is 0.176 e. The highest BCUT2D eigenvalue weighted by Crippen LogP contribution is 2.23. The second kappa shape index (κ2) is 4.42. The minimum atomic E-state index is -0.735. The van der Waals surface area contributed by atoms with Gasteiger partial charge in [0.05, 0.1) is 0 Å². The van der Waals surface area contributed by atoms with Crippen molar-refractivity contribution in [3.8, 4) is 11.1 Å². The Labute approximate surface area is 95.1 Å². The molecule has 0 amide bonds. The maximum absolute atomic E-state index is 13.3. The zero-order chi connectivity index (χ0) is 12.4. The van der Waals surface area contributed by atoms with Crippen molar-refractivity contribution in [2.24, 2.45) is 5.84 Å². The fourth-order valence-electron chi connectivity index (χ4n) is 1.42. The van der Waals surface area contributed by atoms with E-state index < -0.39 is 17.5 Å². The molecule has 2 rings (SSSR count). The fraction of sp³-hybridized carbons (Fsp3) is 0. The summed E-state index contributed by atoms with van der Waals surface area (Å²) in [4.78, 5) is 3.68. The largest absolute Gasteiger partial charge is 0.306 e. The third kappa shape index (κ3) is 2.36. The lowest BCUT2D eigenvalue weighted by Gasteiger charge is -2.05. The molecule has 0 spiro atoms. The molecule has 2 aromatic rings. The van der Waals surface area contributed by atoms with E-state index in [4.69, 9.17) is 5.84 Å². The Morgan fingerprint density at radius 2 is 1.59 bits per heavy atom. The van der Waals surface area contributed by atoms with Crippen LogP contribution in [0.2, 0.25) is 0 Å². The molecule has 88 valence electrons. The molecule has 0 bridgehead atoms. The molecule has 0 unspecified atom stereocenters. The Hall–Kier alpha value is -2.08. The lowest BCUT2D eigenvalue weighted by Crippen LogP contribution is -2.10. The van der Waals surface area contributed by atoms with Crippen LogP contribution >= 0.6 is 0 Å². The molecule has 6 heteroatoms. The Morgan fingerprint density at radius 3 is 2.12 bits per heavy atom. The van der Waals surface area contributed by atoms with Crippen LogP contribution in [0.25, 0.3) is 11.1 Å². The number of aromatic nitrogens is 1. The third-order valence-electron chi connectivity index (χ3n) is 2.17. The molecule has 0 aliphatic rings. The number of nitrogens with two attached hydrogens (primary N) is 1. The number of nitrogen functional groups attached to an aromatic ring is 1. The summed E-state index contributed by atoms with van der Waals surface area (Å²) in [5.74, 6) is 2.71. The molecule has 0 saturated heterocycles. The monoisotopic (exact) mass is 239 g/mol. The summed E-state index contributed by atoms with van der Waals surface area (Å²) in [6, 6.07) is 4.02. The van der Waals surface area contributed by atoms with Gasteiger partial charge in [0.2, 0.25) is 0 Å². The van der Waals surface area contributed by atoms with E-state index in [1.54, 1.807) is 0 Å². The van der Waals surface area contributed by atoms with Crippen LogP contribution in [0.1, 0.15) is 0 Å². The lowest BCUT2D eigenvalue weighted by atomic mass is 10.1. The Morgan fingerprint density at radius 1 is 0.941 bits per heavy atom. The van der Waals surface area contributed by atoms with Gasteiger partial charge < -0.3 is 5.43 Å². The minimum Gasteiger partial charge on any atom is -0.306 e. The number of benzene rings is 1. The van der Waals surface area contributed by atoms with Crippen LogP contribution < -0.4 is 11.3 Å². The molecule has 17 heavy (non-hydrogen) atoms. The summed E-state index contributed by atoms with van der Waals surface area (Å²) in [5.41, 5.74) is 2.53. The number of pyridine rings is 1. The van der Waals surface area contributed by atoms with Gasteiger partial charge >= 0.3 is 0 Å². The molecule has 0 aliphatic carbocycles. The molecule has 1 aromatic carbocycles. The van der Waals surface area contributed by atoms with Crippen molar-refractivity contribution >= 4 is 5.82 Å². The van der Waals surface area contributed by atoms with E-state index >= 15 is 0 Å².